The zero-order valence-electron chi connectivity index (χ0n) is 20.5. The Morgan fingerprint density at radius 1 is 1.31 bits per heavy atom. The number of hydrogen-bond donors (Lipinski definition) is 2. The second-order valence-electron chi connectivity index (χ2n) is 9.48. The molecule has 0 amide bonds. The first-order chi connectivity index (χ1) is 16.3. The molecule has 0 aromatic carbocycles. The minimum Gasteiger partial charge on any atom is -0.301 e. The van der Waals surface area contributed by atoms with Crippen LogP contribution in [-0.2, 0) is 16.4 Å². The number of nitrogens with zero attached hydrogens (tertiary/aromatic N) is 2. The molecule has 0 spiro atoms. The molecule has 1 saturated carbocycles. The van der Waals surface area contributed by atoms with Gasteiger partial charge in [-0.2, -0.15) is 13.2 Å². The van der Waals surface area contributed by atoms with E-state index in [1.807, 2.05) is 13.8 Å². The van der Waals surface area contributed by atoms with Gasteiger partial charge in [0.05, 0.1) is 28.0 Å². The molecule has 1 aliphatic carbocycles. The summed E-state index contributed by atoms with van der Waals surface area (Å²) in [6, 6.07) is 2.70. The summed E-state index contributed by atoms with van der Waals surface area (Å²) in [6.07, 6.45) is 5.90. The monoisotopic (exact) mass is 512 g/mol. The standard InChI is InChI=1S/C25H35F3N4O2S/c1-6-23(30-14-19-8-10-20(11-9-19)25(26,27)28)18(3)31-17-24(4,5)32-15-21-12-13-22(16-29-21)35(33,34)7-2/h1,12-13,16-17,19-20,23,30,32H,3,7-11,14-15H2,2,4-5H3/b31-17-/t19-,20-,23-/m0/s1. The van der Waals surface area contributed by atoms with Gasteiger partial charge >= 0.3 is 6.18 Å². The zero-order chi connectivity index (χ0) is 26.3. The van der Waals surface area contributed by atoms with E-state index in [4.69, 9.17) is 6.42 Å². The molecule has 1 aromatic heterocycles. The summed E-state index contributed by atoms with van der Waals surface area (Å²) in [5, 5.41) is 6.49. The van der Waals surface area contributed by atoms with Crippen LogP contribution in [-0.4, -0.2) is 49.7 Å². The molecule has 10 heteroatoms. The first-order valence-corrected chi connectivity index (χ1v) is 13.4. The number of halogens is 3. The number of nitrogens with one attached hydrogen (secondary N) is 2. The third-order valence-corrected chi connectivity index (χ3v) is 7.96. The number of alkyl halides is 3. The second kappa shape index (κ2) is 12.2. The average molecular weight is 513 g/mol. The van der Waals surface area contributed by atoms with Crippen LogP contribution < -0.4 is 10.6 Å². The van der Waals surface area contributed by atoms with Crippen LogP contribution >= 0.6 is 0 Å². The summed E-state index contributed by atoms with van der Waals surface area (Å²) in [5.41, 5.74) is 0.593. The molecule has 194 valence electrons. The van der Waals surface area contributed by atoms with Crippen molar-refractivity contribution in [3.8, 4) is 12.3 Å². The van der Waals surface area contributed by atoms with E-state index in [9.17, 15) is 21.6 Å². The Morgan fingerprint density at radius 2 is 1.97 bits per heavy atom. The van der Waals surface area contributed by atoms with E-state index in [1.165, 1.54) is 6.20 Å². The fourth-order valence-electron chi connectivity index (χ4n) is 3.80. The summed E-state index contributed by atoms with van der Waals surface area (Å²) in [7, 11) is -3.29. The Morgan fingerprint density at radius 3 is 2.49 bits per heavy atom. The average Bonchev–Trinajstić information content (AvgIpc) is 2.82. The Bertz CT molecular complexity index is 1020. The van der Waals surface area contributed by atoms with Crippen molar-refractivity contribution in [2.75, 3.05) is 12.3 Å². The number of aromatic nitrogens is 1. The van der Waals surface area contributed by atoms with Gasteiger partial charge in [0.25, 0.3) is 0 Å². The van der Waals surface area contributed by atoms with Gasteiger partial charge < -0.3 is 5.32 Å². The molecule has 2 rings (SSSR count). The maximum absolute atomic E-state index is 12.8. The zero-order valence-corrected chi connectivity index (χ0v) is 21.3. The molecule has 1 aromatic rings. The van der Waals surface area contributed by atoms with Crippen LogP contribution in [0.25, 0.3) is 0 Å². The van der Waals surface area contributed by atoms with Crippen LogP contribution in [0.15, 0.2) is 40.5 Å². The molecule has 6 nitrogen and oxygen atoms in total. The largest absolute Gasteiger partial charge is 0.391 e. The maximum atomic E-state index is 12.8. The maximum Gasteiger partial charge on any atom is 0.391 e. The summed E-state index contributed by atoms with van der Waals surface area (Å²) >= 11 is 0. The Labute approximate surface area is 206 Å². The van der Waals surface area contributed by atoms with Gasteiger partial charge in [-0.3, -0.25) is 15.3 Å². The highest BCUT2D eigenvalue weighted by Gasteiger charge is 2.41. The molecular formula is C25H35F3N4O2S. The van der Waals surface area contributed by atoms with Gasteiger partial charge in [-0.1, -0.05) is 19.4 Å². The van der Waals surface area contributed by atoms with Gasteiger partial charge in [-0.15, -0.1) is 6.42 Å². The highest BCUT2D eigenvalue weighted by molar-refractivity contribution is 7.91. The molecule has 0 bridgehead atoms. The molecule has 1 atom stereocenters. The van der Waals surface area contributed by atoms with Gasteiger partial charge in [0.1, 0.15) is 6.04 Å². The number of hydrogen-bond acceptors (Lipinski definition) is 6. The van der Waals surface area contributed by atoms with Crippen molar-refractivity contribution in [1.82, 2.24) is 15.6 Å². The highest BCUT2D eigenvalue weighted by atomic mass is 32.2. The molecule has 0 saturated heterocycles. The van der Waals surface area contributed by atoms with E-state index in [0.29, 0.717) is 37.3 Å². The fraction of sp³-hybridized carbons (Fsp3) is 0.600. The fourth-order valence-corrected chi connectivity index (χ4v) is 4.62. The van der Waals surface area contributed by atoms with Gasteiger partial charge in [-0.25, -0.2) is 8.42 Å². The van der Waals surface area contributed by atoms with Crippen molar-refractivity contribution >= 4 is 16.1 Å². The molecule has 35 heavy (non-hydrogen) atoms. The Balaban J connectivity index is 1.84. The number of pyridine rings is 1. The molecule has 2 N–H and O–H groups in total. The van der Waals surface area contributed by atoms with E-state index in [-0.39, 0.29) is 29.4 Å². The van der Waals surface area contributed by atoms with Crippen molar-refractivity contribution in [2.45, 2.75) is 75.7 Å². The lowest BCUT2D eigenvalue weighted by Crippen LogP contribution is -2.41. The predicted molar refractivity (Wildman–Crippen MR) is 133 cm³/mol. The summed E-state index contributed by atoms with van der Waals surface area (Å²) in [5.74, 6) is 1.57. The smallest absolute Gasteiger partial charge is 0.301 e. The second-order valence-corrected chi connectivity index (χ2v) is 11.8. The Kier molecular flexibility index (Phi) is 10.1. The first kappa shape index (κ1) is 29.0. The molecular weight excluding hydrogens is 477 g/mol. The van der Waals surface area contributed by atoms with Crippen molar-refractivity contribution in [3.05, 3.63) is 36.3 Å². The SMILES string of the molecule is C#C[C@H](NC[C@H]1CC[C@H](C(F)(F)F)CC1)C(=C)/N=C\C(C)(C)NCc1ccc(S(=O)(=O)CC)cn1. The molecule has 0 unspecified atom stereocenters. The van der Waals surface area contributed by atoms with E-state index in [2.05, 4.69) is 33.1 Å². The lowest BCUT2D eigenvalue weighted by Gasteiger charge is -2.30. The number of aliphatic imine (C=N–C) groups is 1. The summed E-state index contributed by atoms with van der Waals surface area (Å²) < 4.78 is 62.3. The van der Waals surface area contributed by atoms with Gasteiger partial charge in [-0.05, 0) is 64.1 Å². The Hall–Kier alpha value is -2.22. The van der Waals surface area contributed by atoms with Crippen LogP contribution in [0.5, 0.6) is 0 Å². The van der Waals surface area contributed by atoms with Crippen molar-refractivity contribution < 1.29 is 21.6 Å². The lowest BCUT2D eigenvalue weighted by atomic mass is 9.81. The molecule has 0 radical (unpaired) electrons. The predicted octanol–water partition coefficient (Wildman–Crippen LogP) is 4.29. The molecule has 1 aliphatic rings. The van der Waals surface area contributed by atoms with E-state index in [0.717, 1.165) is 0 Å². The normalized spacial score (nSPS) is 20.5. The van der Waals surface area contributed by atoms with Crippen LogP contribution in [0, 0.1) is 24.2 Å². The third-order valence-electron chi connectivity index (χ3n) is 6.24. The highest BCUT2D eigenvalue weighted by Crippen LogP contribution is 2.39. The number of terminal acetylenes is 1. The van der Waals surface area contributed by atoms with Crippen molar-refractivity contribution in [1.29, 1.82) is 0 Å². The number of rotatable bonds is 11. The van der Waals surface area contributed by atoms with Gasteiger partial charge in [0, 0.05) is 24.5 Å². The summed E-state index contributed by atoms with van der Waals surface area (Å²) in [6.45, 7) is 10.3. The molecule has 1 heterocycles. The topological polar surface area (TPSA) is 83.5 Å². The number of sulfone groups is 1. The third kappa shape index (κ3) is 9.06. The molecule has 0 aliphatic heterocycles. The van der Waals surface area contributed by atoms with Crippen LogP contribution in [0.4, 0.5) is 13.2 Å². The lowest BCUT2D eigenvalue weighted by molar-refractivity contribution is -0.183. The summed E-state index contributed by atoms with van der Waals surface area (Å²) in [4.78, 5) is 8.82. The first-order valence-electron chi connectivity index (χ1n) is 11.7. The van der Waals surface area contributed by atoms with Gasteiger partial charge in [0.2, 0.25) is 0 Å². The van der Waals surface area contributed by atoms with Crippen molar-refractivity contribution in [3.63, 3.8) is 0 Å². The molecule has 1 fully saturated rings. The van der Waals surface area contributed by atoms with Crippen molar-refractivity contribution in [2.24, 2.45) is 16.8 Å². The minimum absolute atomic E-state index is 0.0202. The quantitative estimate of drug-likeness (QED) is 0.342. The van der Waals surface area contributed by atoms with E-state index < -0.39 is 33.5 Å². The minimum atomic E-state index is -4.11. The van der Waals surface area contributed by atoms with Crippen LogP contribution in [0.3, 0.4) is 0 Å². The van der Waals surface area contributed by atoms with Crippen LogP contribution in [0.1, 0.15) is 52.1 Å². The van der Waals surface area contributed by atoms with Crippen LogP contribution in [0.2, 0.25) is 0 Å². The van der Waals surface area contributed by atoms with E-state index >= 15 is 0 Å². The van der Waals surface area contributed by atoms with Gasteiger partial charge in [0.15, 0.2) is 9.84 Å². The van der Waals surface area contributed by atoms with E-state index in [1.54, 1.807) is 25.3 Å².